The highest BCUT2D eigenvalue weighted by Crippen LogP contribution is 2.17. The van der Waals surface area contributed by atoms with E-state index in [2.05, 4.69) is 26.1 Å². The summed E-state index contributed by atoms with van der Waals surface area (Å²) in [6.45, 7) is 7.72. The van der Waals surface area contributed by atoms with Gasteiger partial charge in [0.25, 0.3) is 0 Å². The Kier molecular flexibility index (Phi) is 6.32. The molecule has 1 heterocycles. The number of nitrogens with one attached hydrogen (secondary N) is 1. The van der Waals surface area contributed by atoms with Crippen LogP contribution in [0.15, 0.2) is 0 Å². The summed E-state index contributed by atoms with van der Waals surface area (Å²) in [5.41, 5.74) is 0. The molecule has 1 saturated heterocycles. The van der Waals surface area contributed by atoms with Gasteiger partial charge in [0.05, 0.1) is 12.7 Å². The molecule has 0 spiro atoms. The lowest BCUT2D eigenvalue weighted by Crippen LogP contribution is -2.41. The van der Waals surface area contributed by atoms with Gasteiger partial charge >= 0.3 is 0 Å². The highest BCUT2D eigenvalue weighted by atomic mass is 16.5. The minimum absolute atomic E-state index is 0.230. The fourth-order valence-corrected chi connectivity index (χ4v) is 2.46. The molecular weight excluding hydrogens is 202 g/mol. The van der Waals surface area contributed by atoms with E-state index in [0.717, 1.165) is 19.4 Å². The van der Waals surface area contributed by atoms with E-state index in [4.69, 9.17) is 4.74 Å². The normalized spacial score (nSPS) is 24.9. The van der Waals surface area contributed by atoms with Crippen molar-refractivity contribution in [3.8, 4) is 0 Å². The SMILES string of the molecule is CC(C)CC(CO)NC(C)CC1CCCO1. The quantitative estimate of drug-likeness (QED) is 0.701. The fourth-order valence-electron chi connectivity index (χ4n) is 2.46. The van der Waals surface area contributed by atoms with Crippen LogP contribution in [0.3, 0.4) is 0 Å². The average molecular weight is 229 g/mol. The zero-order valence-corrected chi connectivity index (χ0v) is 10.9. The minimum atomic E-state index is 0.230. The smallest absolute Gasteiger partial charge is 0.0590 e. The van der Waals surface area contributed by atoms with Gasteiger partial charge in [-0.25, -0.2) is 0 Å². The van der Waals surface area contributed by atoms with Crippen molar-refractivity contribution in [1.82, 2.24) is 5.32 Å². The second kappa shape index (κ2) is 7.25. The monoisotopic (exact) mass is 229 g/mol. The van der Waals surface area contributed by atoms with E-state index in [1.165, 1.54) is 12.8 Å². The third-order valence-corrected chi connectivity index (χ3v) is 3.14. The van der Waals surface area contributed by atoms with Gasteiger partial charge in [0.1, 0.15) is 0 Å². The summed E-state index contributed by atoms with van der Waals surface area (Å²) in [7, 11) is 0. The van der Waals surface area contributed by atoms with Gasteiger partial charge in [-0.15, -0.1) is 0 Å². The standard InChI is InChI=1S/C13H27NO2/c1-10(2)7-12(9-15)14-11(3)8-13-5-4-6-16-13/h10-15H,4-9H2,1-3H3. The average Bonchev–Trinajstić information content (AvgIpc) is 2.68. The van der Waals surface area contributed by atoms with Crippen molar-refractivity contribution in [2.24, 2.45) is 5.92 Å². The summed E-state index contributed by atoms with van der Waals surface area (Å²) in [6.07, 6.45) is 4.93. The molecular formula is C13H27NO2. The third-order valence-electron chi connectivity index (χ3n) is 3.14. The molecule has 0 saturated carbocycles. The second-order valence-corrected chi connectivity index (χ2v) is 5.45. The Morgan fingerprint density at radius 2 is 2.12 bits per heavy atom. The maximum atomic E-state index is 9.29. The predicted octanol–water partition coefficient (Wildman–Crippen LogP) is 1.94. The molecule has 0 amide bonds. The van der Waals surface area contributed by atoms with E-state index in [-0.39, 0.29) is 12.6 Å². The Labute approximate surface area is 99.6 Å². The molecule has 3 atom stereocenters. The van der Waals surface area contributed by atoms with Crippen LogP contribution in [0.25, 0.3) is 0 Å². The maximum absolute atomic E-state index is 9.29. The molecule has 1 rings (SSSR count). The molecule has 0 aromatic carbocycles. The van der Waals surface area contributed by atoms with Gasteiger partial charge in [0.2, 0.25) is 0 Å². The maximum Gasteiger partial charge on any atom is 0.0590 e. The van der Waals surface area contributed by atoms with Crippen molar-refractivity contribution < 1.29 is 9.84 Å². The van der Waals surface area contributed by atoms with Gasteiger partial charge in [-0.2, -0.15) is 0 Å². The molecule has 0 radical (unpaired) electrons. The van der Waals surface area contributed by atoms with Gasteiger partial charge < -0.3 is 15.2 Å². The largest absolute Gasteiger partial charge is 0.395 e. The predicted molar refractivity (Wildman–Crippen MR) is 66.5 cm³/mol. The second-order valence-electron chi connectivity index (χ2n) is 5.45. The molecule has 96 valence electrons. The van der Waals surface area contributed by atoms with E-state index in [9.17, 15) is 5.11 Å². The third kappa shape index (κ3) is 5.28. The summed E-state index contributed by atoms with van der Waals surface area (Å²) in [5, 5.41) is 12.8. The molecule has 0 bridgehead atoms. The number of aliphatic hydroxyl groups excluding tert-OH is 1. The Morgan fingerprint density at radius 1 is 1.38 bits per heavy atom. The Bertz CT molecular complexity index is 179. The minimum Gasteiger partial charge on any atom is -0.395 e. The van der Waals surface area contributed by atoms with E-state index in [0.29, 0.717) is 18.1 Å². The van der Waals surface area contributed by atoms with Crippen LogP contribution >= 0.6 is 0 Å². The zero-order valence-electron chi connectivity index (χ0n) is 10.9. The van der Waals surface area contributed by atoms with Crippen molar-refractivity contribution in [1.29, 1.82) is 0 Å². The molecule has 0 aliphatic carbocycles. The lowest BCUT2D eigenvalue weighted by atomic mass is 10.0. The van der Waals surface area contributed by atoms with Crippen LogP contribution < -0.4 is 5.32 Å². The van der Waals surface area contributed by atoms with E-state index >= 15 is 0 Å². The first-order chi connectivity index (χ1) is 7.61. The summed E-state index contributed by atoms with van der Waals surface area (Å²) in [4.78, 5) is 0. The number of hydrogen-bond acceptors (Lipinski definition) is 3. The summed E-state index contributed by atoms with van der Waals surface area (Å²) >= 11 is 0. The molecule has 3 unspecified atom stereocenters. The van der Waals surface area contributed by atoms with Gasteiger partial charge in [-0.3, -0.25) is 0 Å². The number of aliphatic hydroxyl groups is 1. The fraction of sp³-hybridized carbons (Fsp3) is 1.00. The van der Waals surface area contributed by atoms with Crippen molar-refractivity contribution in [2.45, 2.75) is 64.6 Å². The summed E-state index contributed by atoms with van der Waals surface area (Å²) < 4.78 is 5.62. The van der Waals surface area contributed by atoms with Crippen LogP contribution in [0.4, 0.5) is 0 Å². The first kappa shape index (κ1) is 13.9. The van der Waals surface area contributed by atoms with Crippen molar-refractivity contribution in [2.75, 3.05) is 13.2 Å². The van der Waals surface area contributed by atoms with E-state index in [1.807, 2.05) is 0 Å². The van der Waals surface area contributed by atoms with Crippen LogP contribution in [0.5, 0.6) is 0 Å². The van der Waals surface area contributed by atoms with E-state index in [1.54, 1.807) is 0 Å². The zero-order chi connectivity index (χ0) is 12.0. The Morgan fingerprint density at radius 3 is 2.62 bits per heavy atom. The van der Waals surface area contributed by atoms with Gasteiger partial charge in [0.15, 0.2) is 0 Å². The number of hydrogen-bond donors (Lipinski definition) is 2. The van der Waals surface area contributed by atoms with Crippen LogP contribution in [0.2, 0.25) is 0 Å². The number of rotatable bonds is 7. The van der Waals surface area contributed by atoms with Gasteiger partial charge in [-0.05, 0) is 38.5 Å². The van der Waals surface area contributed by atoms with Crippen molar-refractivity contribution >= 4 is 0 Å². The first-order valence-electron chi connectivity index (χ1n) is 6.60. The topological polar surface area (TPSA) is 41.5 Å². The van der Waals surface area contributed by atoms with Crippen LogP contribution in [0.1, 0.15) is 46.5 Å². The Balaban J connectivity index is 2.21. The van der Waals surface area contributed by atoms with Crippen LogP contribution in [0, 0.1) is 5.92 Å². The molecule has 1 fully saturated rings. The first-order valence-corrected chi connectivity index (χ1v) is 6.60. The van der Waals surface area contributed by atoms with Crippen molar-refractivity contribution in [3.63, 3.8) is 0 Å². The molecule has 3 nitrogen and oxygen atoms in total. The van der Waals surface area contributed by atoms with Crippen LogP contribution in [-0.4, -0.2) is 36.5 Å². The molecule has 0 aromatic heterocycles. The highest BCUT2D eigenvalue weighted by molar-refractivity contribution is 4.76. The number of ether oxygens (including phenoxy) is 1. The van der Waals surface area contributed by atoms with Crippen LogP contribution in [-0.2, 0) is 4.74 Å². The van der Waals surface area contributed by atoms with E-state index < -0.39 is 0 Å². The summed E-state index contributed by atoms with van der Waals surface area (Å²) in [5.74, 6) is 0.625. The molecule has 3 heteroatoms. The Hall–Kier alpha value is -0.120. The molecule has 2 N–H and O–H groups in total. The lowest BCUT2D eigenvalue weighted by Gasteiger charge is -2.24. The molecule has 1 aliphatic heterocycles. The lowest BCUT2D eigenvalue weighted by molar-refractivity contribution is 0.0924. The van der Waals surface area contributed by atoms with Gasteiger partial charge in [0, 0.05) is 18.7 Å². The molecule has 0 aromatic rings. The van der Waals surface area contributed by atoms with Crippen molar-refractivity contribution in [3.05, 3.63) is 0 Å². The van der Waals surface area contributed by atoms with Gasteiger partial charge in [-0.1, -0.05) is 13.8 Å². The highest BCUT2D eigenvalue weighted by Gasteiger charge is 2.20. The molecule has 16 heavy (non-hydrogen) atoms. The molecule has 1 aliphatic rings. The summed E-state index contributed by atoms with van der Waals surface area (Å²) in [6, 6.07) is 0.662.